The highest BCUT2D eigenvalue weighted by Gasteiger charge is 2.28. The van der Waals surface area contributed by atoms with E-state index >= 15 is 0 Å². The molecule has 1 N–H and O–H groups in total. The van der Waals surface area contributed by atoms with Gasteiger partial charge in [0.15, 0.2) is 0 Å². The average molecular weight is 283 g/mol. The summed E-state index contributed by atoms with van der Waals surface area (Å²) in [6.07, 6.45) is 0. The van der Waals surface area contributed by atoms with Gasteiger partial charge in [-0.25, -0.2) is 12.8 Å². The topological polar surface area (TPSA) is 73.2 Å². The van der Waals surface area contributed by atoms with Crippen LogP contribution >= 0.6 is 0 Å². The Kier molecular flexibility index (Phi) is 3.85. The molecule has 1 aromatic carbocycles. The lowest BCUT2D eigenvalue weighted by molar-refractivity contribution is 0.310. The molecule has 1 aromatic rings. The van der Waals surface area contributed by atoms with Gasteiger partial charge in [-0.2, -0.15) is 9.57 Å². The van der Waals surface area contributed by atoms with Crippen molar-refractivity contribution in [2.45, 2.75) is 17.9 Å². The van der Waals surface area contributed by atoms with Crippen LogP contribution < -0.4 is 5.32 Å². The van der Waals surface area contributed by atoms with Crippen LogP contribution in [0.3, 0.4) is 0 Å². The molecule has 0 aliphatic carbocycles. The lowest BCUT2D eigenvalue weighted by Gasteiger charge is -2.31. The molecular weight excluding hydrogens is 269 g/mol. The third-order valence-corrected chi connectivity index (χ3v) is 4.89. The van der Waals surface area contributed by atoms with Crippen LogP contribution in [0.25, 0.3) is 0 Å². The molecule has 0 aromatic heterocycles. The van der Waals surface area contributed by atoms with Gasteiger partial charge < -0.3 is 5.32 Å². The first-order chi connectivity index (χ1) is 8.95. The SMILES string of the molecule is C[C@H]1CN(S(=O)(=O)c2ccc(F)c(C#N)c2)CCN1. The van der Waals surface area contributed by atoms with Gasteiger partial charge in [0.2, 0.25) is 10.0 Å². The van der Waals surface area contributed by atoms with Crippen molar-refractivity contribution in [3.63, 3.8) is 0 Å². The maximum Gasteiger partial charge on any atom is 0.243 e. The van der Waals surface area contributed by atoms with Crippen molar-refractivity contribution >= 4 is 10.0 Å². The van der Waals surface area contributed by atoms with E-state index in [0.29, 0.717) is 19.6 Å². The minimum atomic E-state index is -3.67. The van der Waals surface area contributed by atoms with Crippen LogP contribution in [-0.2, 0) is 10.0 Å². The largest absolute Gasteiger partial charge is 0.312 e. The first kappa shape index (κ1) is 13.9. The molecule has 5 nitrogen and oxygen atoms in total. The van der Waals surface area contributed by atoms with Gasteiger partial charge in [-0.15, -0.1) is 0 Å². The number of piperazine rings is 1. The summed E-state index contributed by atoms with van der Waals surface area (Å²) in [6.45, 7) is 3.20. The van der Waals surface area contributed by atoms with Gasteiger partial charge in [-0.1, -0.05) is 0 Å². The number of rotatable bonds is 2. The standard InChI is InChI=1S/C12H14FN3O2S/c1-9-8-16(5-4-15-9)19(17,18)11-2-3-12(13)10(6-11)7-14/h2-3,6,9,15H,4-5,8H2,1H3/t9-/m0/s1. The minimum absolute atomic E-state index is 0.0421. The molecule has 0 saturated carbocycles. The zero-order valence-electron chi connectivity index (χ0n) is 10.4. The molecule has 0 radical (unpaired) electrons. The molecule has 0 spiro atoms. The molecule has 1 heterocycles. The van der Waals surface area contributed by atoms with E-state index < -0.39 is 15.8 Å². The van der Waals surface area contributed by atoms with Crippen molar-refractivity contribution in [2.75, 3.05) is 19.6 Å². The number of halogens is 1. The third-order valence-electron chi connectivity index (χ3n) is 3.03. The second kappa shape index (κ2) is 5.25. The highest BCUT2D eigenvalue weighted by Crippen LogP contribution is 2.19. The third kappa shape index (κ3) is 2.76. The van der Waals surface area contributed by atoms with E-state index in [0.717, 1.165) is 12.1 Å². The van der Waals surface area contributed by atoms with E-state index in [1.807, 2.05) is 6.92 Å². The van der Waals surface area contributed by atoms with Gasteiger partial charge >= 0.3 is 0 Å². The van der Waals surface area contributed by atoms with Gasteiger partial charge in [-0.05, 0) is 25.1 Å². The molecule has 0 bridgehead atoms. The smallest absolute Gasteiger partial charge is 0.243 e. The van der Waals surface area contributed by atoms with Crippen LogP contribution in [0.1, 0.15) is 12.5 Å². The highest BCUT2D eigenvalue weighted by molar-refractivity contribution is 7.89. The van der Waals surface area contributed by atoms with Crippen molar-refractivity contribution in [2.24, 2.45) is 0 Å². The lowest BCUT2D eigenvalue weighted by Crippen LogP contribution is -2.51. The zero-order chi connectivity index (χ0) is 14.0. The molecule has 102 valence electrons. The van der Waals surface area contributed by atoms with Crippen molar-refractivity contribution in [1.29, 1.82) is 5.26 Å². The van der Waals surface area contributed by atoms with Gasteiger partial charge in [0, 0.05) is 25.7 Å². The van der Waals surface area contributed by atoms with Crippen LogP contribution in [0.15, 0.2) is 23.1 Å². The molecule has 2 rings (SSSR count). The molecule has 1 aliphatic heterocycles. The van der Waals surface area contributed by atoms with Crippen molar-refractivity contribution < 1.29 is 12.8 Å². The molecule has 1 saturated heterocycles. The van der Waals surface area contributed by atoms with E-state index in [2.05, 4.69) is 5.32 Å². The first-order valence-corrected chi connectivity index (χ1v) is 7.32. The number of nitrogens with zero attached hydrogens (tertiary/aromatic N) is 2. The number of nitriles is 1. The van der Waals surface area contributed by atoms with Gasteiger partial charge in [-0.3, -0.25) is 0 Å². The van der Waals surface area contributed by atoms with E-state index in [-0.39, 0.29) is 16.5 Å². The minimum Gasteiger partial charge on any atom is -0.312 e. The molecule has 1 atom stereocenters. The molecular formula is C12H14FN3O2S. The number of sulfonamides is 1. The summed E-state index contributed by atoms with van der Waals surface area (Å²) in [4.78, 5) is -0.0421. The Balaban J connectivity index is 2.37. The Hall–Kier alpha value is -1.49. The normalized spacial score (nSPS) is 21.0. The number of benzene rings is 1. The van der Waals surface area contributed by atoms with Crippen LogP contribution in [0.4, 0.5) is 4.39 Å². The molecule has 19 heavy (non-hydrogen) atoms. The van der Waals surface area contributed by atoms with Crippen molar-refractivity contribution in [3.05, 3.63) is 29.6 Å². The molecule has 7 heteroatoms. The summed E-state index contributed by atoms with van der Waals surface area (Å²) in [5.74, 6) is -0.713. The summed E-state index contributed by atoms with van der Waals surface area (Å²) in [5.41, 5.74) is -0.260. The second-order valence-electron chi connectivity index (χ2n) is 4.47. The predicted molar refractivity (Wildman–Crippen MR) is 67.3 cm³/mol. The van der Waals surface area contributed by atoms with Crippen molar-refractivity contribution in [3.8, 4) is 6.07 Å². The van der Waals surface area contributed by atoms with E-state index in [4.69, 9.17) is 5.26 Å². The average Bonchev–Trinajstić information content (AvgIpc) is 2.39. The Morgan fingerprint density at radius 2 is 2.26 bits per heavy atom. The molecule has 0 unspecified atom stereocenters. The Bertz CT molecular complexity index is 624. The van der Waals surface area contributed by atoms with Crippen LogP contribution in [0.2, 0.25) is 0 Å². The lowest BCUT2D eigenvalue weighted by atomic mass is 10.2. The van der Waals surface area contributed by atoms with Gasteiger partial charge in [0.25, 0.3) is 0 Å². The number of hydrogen-bond donors (Lipinski definition) is 1. The number of hydrogen-bond acceptors (Lipinski definition) is 4. The summed E-state index contributed by atoms with van der Waals surface area (Å²) in [6, 6.07) is 5.00. The fourth-order valence-electron chi connectivity index (χ4n) is 2.01. The zero-order valence-corrected chi connectivity index (χ0v) is 11.2. The quantitative estimate of drug-likeness (QED) is 0.866. The van der Waals surface area contributed by atoms with Crippen LogP contribution in [0, 0.1) is 17.1 Å². The summed E-state index contributed by atoms with van der Waals surface area (Å²) >= 11 is 0. The summed E-state index contributed by atoms with van der Waals surface area (Å²) < 4.78 is 39.3. The monoisotopic (exact) mass is 283 g/mol. The summed E-state index contributed by atoms with van der Waals surface area (Å²) in [5, 5.41) is 11.9. The maximum atomic E-state index is 13.2. The van der Waals surface area contributed by atoms with E-state index in [1.165, 1.54) is 10.4 Å². The fraction of sp³-hybridized carbons (Fsp3) is 0.417. The summed E-state index contributed by atoms with van der Waals surface area (Å²) in [7, 11) is -3.67. The van der Waals surface area contributed by atoms with Gasteiger partial charge in [0.05, 0.1) is 10.5 Å². The van der Waals surface area contributed by atoms with Gasteiger partial charge in [0.1, 0.15) is 11.9 Å². The Morgan fingerprint density at radius 1 is 1.53 bits per heavy atom. The molecule has 1 fully saturated rings. The maximum absolute atomic E-state index is 13.2. The fourth-order valence-corrected chi connectivity index (χ4v) is 3.57. The Labute approximate surface area is 111 Å². The van der Waals surface area contributed by atoms with E-state index in [9.17, 15) is 12.8 Å². The van der Waals surface area contributed by atoms with Crippen LogP contribution in [0.5, 0.6) is 0 Å². The molecule has 0 amide bonds. The van der Waals surface area contributed by atoms with Crippen molar-refractivity contribution in [1.82, 2.24) is 9.62 Å². The van der Waals surface area contributed by atoms with E-state index in [1.54, 1.807) is 6.07 Å². The first-order valence-electron chi connectivity index (χ1n) is 5.88. The predicted octanol–water partition coefficient (Wildman–Crippen LogP) is 0.680. The molecule has 1 aliphatic rings. The Morgan fingerprint density at radius 3 is 2.89 bits per heavy atom. The van der Waals surface area contributed by atoms with Crippen LogP contribution in [-0.4, -0.2) is 38.4 Å². The highest BCUT2D eigenvalue weighted by atomic mass is 32.2. The second-order valence-corrected chi connectivity index (χ2v) is 6.41. The number of nitrogens with one attached hydrogen (secondary N) is 1.